The van der Waals surface area contributed by atoms with Crippen molar-refractivity contribution in [2.75, 3.05) is 13.6 Å². The van der Waals surface area contributed by atoms with Gasteiger partial charge in [-0.25, -0.2) is 9.98 Å². The topological polar surface area (TPSA) is 28.5 Å². The fourth-order valence-corrected chi connectivity index (χ4v) is 3.38. The van der Waals surface area contributed by atoms with E-state index in [1.54, 1.807) is 11.3 Å². The van der Waals surface area contributed by atoms with Crippen LogP contribution in [0.3, 0.4) is 0 Å². The zero-order valence-corrected chi connectivity index (χ0v) is 19.2. The Morgan fingerprint density at radius 3 is 2.35 bits per heavy atom. The minimum absolute atomic E-state index is 0. The smallest absolute Gasteiger partial charge is 0.0972 e. The van der Waals surface area contributed by atoms with Crippen LogP contribution in [0.25, 0.3) is 0 Å². The van der Waals surface area contributed by atoms with Gasteiger partial charge in [0, 0.05) is 30.8 Å². The maximum absolute atomic E-state index is 4.82. The highest BCUT2D eigenvalue weighted by atomic mass is 35.5. The fraction of sp³-hybridized carbons (Fsp3) is 0.500. The Labute approximate surface area is 174 Å². The minimum Gasteiger partial charge on any atom is -0.366 e. The Bertz CT molecular complexity index is 733. The van der Waals surface area contributed by atoms with Crippen LogP contribution in [-0.2, 0) is 11.8 Å². The van der Waals surface area contributed by atoms with E-state index in [0.29, 0.717) is 0 Å². The van der Waals surface area contributed by atoms with Crippen molar-refractivity contribution < 1.29 is 0 Å². The molecule has 0 radical (unpaired) electrons. The number of benzene rings is 1. The number of thiazole rings is 1. The van der Waals surface area contributed by atoms with Crippen LogP contribution >= 0.6 is 36.2 Å². The van der Waals surface area contributed by atoms with E-state index in [9.17, 15) is 0 Å². The molecule has 0 spiro atoms. The number of halogens is 2. The largest absolute Gasteiger partial charge is 0.366 e. The van der Waals surface area contributed by atoms with E-state index >= 15 is 0 Å². The second kappa shape index (κ2) is 10.3. The van der Waals surface area contributed by atoms with Gasteiger partial charge in [0.1, 0.15) is 0 Å². The Morgan fingerprint density at radius 1 is 1.15 bits per heavy atom. The Morgan fingerprint density at radius 2 is 1.81 bits per heavy atom. The van der Waals surface area contributed by atoms with Crippen LogP contribution in [0.5, 0.6) is 0 Å². The first-order chi connectivity index (χ1) is 11.2. The maximum atomic E-state index is 4.82. The highest BCUT2D eigenvalue weighted by molar-refractivity contribution is 7.09. The van der Waals surface area contributed by atoms with Crippen LogP contribution in [0.2, 0.25) is 0 Å². The third kappa shape index (κ3) is 6.57. The van der Waals surface area contributed by atoms with Gasteiger partial charge in [0.25, 0.3) is 0 Å². The Kier molecular flexibility index (Phi) is 9.85. The molecule has 26 heavy (non-hydrogen) atoms. The molecule has 3 nitrogen and oxygen atoms in total. The van der Waals surface area contributed by atoms with Crippen molar-refractivity contribution in [3.8, 4) is 0 Å². The molecule has 1 aromatic heterocycles. The molecule has 0 saturated carbocycles. The lowest BCUT2D eigenvalue weighted by molar-refractivity contribution is 0.552. The highest BCUT2D eigenvalue weighted by Crippen LogP contribution is 2.28. The van der Waals surface area contributed by atoms with Crippen molar-refractivity contribution in [3.63, 3.8) is 0 Å². The minimum atomic E-state index is 0. The molecule has 1 aromatic carbocycles. The average Bonchev–Trinajstić information content (AvgIpc) is 2.97. The molecule has 0 fully saturated rings. The summed E-state index contributed by atoms with van der Waals surface area (Å²) in [5.41, 5.74) is 6.17. The molecule has 0 atom stereocenters. The predicted molar refractivity (Wildman–Crippen MR) is 120 cm³/mol. The van der Waals surface area contributed by atoms with Crippen LogP contribution in [0, 0.1) is 13.8 Å². The summed E-state index contributed by atoms with van der Waals surface area (Å²) in [5, 5.41) is 3.38. The lowest BCUT2D eigenvalue weighted by atomic mass is 9.93. The third-order valence-electron chi connectivity index (χ3n) is 4.21. The van der Waals surface area contributed by atoms with Gasteiger partial charge in [-0.1, -0.05) is 26.8 Å². The highest BCUT2D eigenvalue weighted by Gasteiger charge is 2.17. The second-order valence-corrected chi connectivity index (χ2v) is 8.38. The molecule has 0 saturated heterocycles. The molecule has 0 unspecified atom stereocenters. The molecule has 2 rings (SSSR count). The number of aryl methyl sites for hydroxylation is 2. The van der Waals surface area contributed by atoms with Crippen LogP contribution in [0.4, 0.5) is 5.69 Å². The summed E-state index contributed by atoms with van der Waals surface area (Å²) in [6.07, 6.45) is 2.80. The predicted octanol–water partition coefficient (Wildman–Crippen LogP) is 6.10. The van der Waals surface area contributed by atoms with Gasteiger partial charge in [-0.15, -0.1) is 36.2 Å². The van der Waals surface area contributed by atoms with Gasteiger partial charge in [-0.05, 0) is 43.5 Å². The lowest BCUT2D eigenvalue weighted by Crippen LogP contribution is -2.14. The zero-order chi connectivity index (χ0) is 17.9. The number of rotatable bonds is 5. The molecule has 0 bridgehead atoms. The van der Waals surface area contributed by atoms with Gasteiger partial charge in [-0.3, -0.25) is 0 Å². The van der Waals surface area contributed by atoms with E-state index in [-0.39, 0.29) is 30.2 Å². The van der Waals surface area contributed by atoms with Gasteiger partial charge in [-0.2, -0.15) is 0 Å². The van der Waals surface area contributed by atoms with Gasteiger partial charge >= 0.3 is 0 Å². The van der Waals surface area contributed by atoms with Gasteiger partial charge in [0.05, 0.1) is 22.7 Å². The molecule has 0 aliphatic rings. The standard InChI is InChI=1S/C20H29N3S.2ClH/c1-8-23(7)13-21-17-10-14(2)16(9-15(17)3)11-19-22-18(12-24-19)20(4,5)6;;/h9-10,12-13H,8,11H2,1-7H3;2*1H/b21-13-;;. The van der Waals surface area contributed by atoms with Crippen molar-refractivity contribution >= 4 is 48.2 Å². The van der Waals surface area contributed by atoms with E-state index < -0.39 is 0 Å². The summed E-state index contributed by atoms with van der Waals surface area (Å²) in [7, 11) is 2.04. The van der Waals surface area contributed by atoms with Crippen molar-refractivity contribution in [2.24, 2.45) is 4.99 Å². The van der Waals surface area contributed by atoms with E-state index in [4.69, 9.17) is 4.98 Å². The fourth-order valence-electron chi connectivity index (χ4n) is 2.33. The molecular weight excluding hydrogens is 385 g/mol. The third-order valence-corrected chi connectivity index (χ3v) is 5.06. The normalized spacial score (nSPS) is 11.2. The summed E-state index contributed by atoms with van der Waals surface area (Å²) in [6.45, 7) is 14.0. The quantitative estimate of drug-likeness (QED) is 0.435. The van der Waals surface area contributed by atoms with Crippen LogP contribution in [0.15, 0.2) is 22.5 Å². The molecule has 6 heteroatoms. The van der Waals surface area contributed by atoms with E-state index in [0.717, 1.165) is 18.7 Å². The van der Waals surface area contributed by atoms with E-state index in [1.807, 2.05) is 13.4 Å². The van der Waals surface area contributed by atoms with Crippen LogP contribution in [0.1, 0.15) is 55.1 Å². The van der Waals surface area contributed by atoms with Gasteiger partial charge < -0.3 is 4.90 Å². The molecule has 0 N–H and O–H groups in total. The summed E-state index contributed by atoms with van der Waals surface area (Å²) >= 11 is 1.76. The Hall–Kier alpha value is -1.10. The zero-order valence-electron chi connectivity index (χ0n) is 16.8. The molecule has 0 amide bonds. The van der Waals surface area contributed by atoms with Gasteiger partial charge in [0.2, 0.25) is 0 Å². The number of nitrogens with zero attached hydrogens (tertiary/aromatic N) is 3. The van der Waals surface area contributed by atoms with Crippen molar-refractivity contribution in [1.82, 2.24) is 9.88 Å². The first kappa shape index (κ1) is 24.9. The molecule has 0 aliphatic carbocycles. The Balaban J connectivity index is 0.00000312. The van der Waals surface area contributed by atoms with E-state index in [1.165, 1.54) is 27.4 Å². The number of hydrogen-bond donors (Lipinski definition) is 0. The second-order valence-electron chi connectivity index (χ2n) is 7.44. The number of aromatic nitrogens is 1. The first-order valence-corrected chi connectivity index (χ1v) is 9.38. The maximum Gasteiger partial charge on any atom is 0.0972 e. The number of aliphatic imine (C=N–C) groups is 1. The van der Waals surface area contributed by atoms with Crippen molar-refractivity contribution in [2.45, 2.75) is 53.4 Å². The first-order valence-electron chi connectivity index (χ1n) is 8.50. The summed E-state index contributed by atoms with van der Waals surface area (Å²) in [4.78, 5) is 11.5. The van der Waals surface area contributed by atoms with Crippen molar-refractivity contribution in [3.05, 3.63) is 44.9 Å². The summed E-state index contributed by atoms with van der Waals surface area (Å²) in [6, 6.07) is 4.44. The monoisotopic (exact) mass is 415 g/mol. The van der Waals surface area contributed by atoms with Gasteiger partial charge in [0.15, 0.2) is 0 Å². The molecule has 146 valence electrons. The van der Waals surface area contributed by atoms with Crippen LogP contribution in [-0.4, -0.2) is 29.8 Å². The molecule has 1 heterocycles. The summed E-state index contributed by atoms with van der Waals surface area (Å²) < 4.78 is 0. The molecule has 0 aliphatic heterocycles. The molecular formula is C20H31Cl2N3S. The SMILES string of the molecule is CCN(C)/C=N\c1cc(C)c(Cc2nc(C(C)(C)C)cs2)cc1C.Cl.Cl. The molecule has 2 aromatic rings. The van der Waals surface area contributed by atoms with Crippen LogP contribution < -0.4 is 0 Å². The van der Waals surface area contributed by atoms with E-state index in [2.05, 4.69) is 68.9 Å². The average molecular weight is 416 g/mol. The summed E-state index contributed by atoms with van der Waals surface area (Å²) in [5.74, 6) is 0. The lowest BCUT2D eigenvalue weighted by Gasteiger charge is -2.14. The van der Waals surface area contributed by atoms with Crippen molar-refractivity contribution in [1.29, 1.82) is 0 Å². The number of hydrogen-bond acceptors (Lipinski definition) is 3.